The first-order valence-electron chi connectivity index (χ1n) is 8.45. The standard InChI is InChI=1S/C18H19N3O6S2/c1-12-8-9-13(28(24,25)20(2)3)10-15(12)19-17(22)11-21-18(23)14-6-4-5-7-16(14)29(21,26)27/h4-10H,11H2,1-3H3,(H,19,22). The van der Waals surface area contributed by atoms with Gasteiger partial charge in [-0.05, 0) is 36.8 Å². The highest BCUT2D eigenvalue weighted by Crippen LogP contribution is 2.30. The second-order valence-corrected chi connectivity index (χ2v) is 10.6. The third-order valence-electron chi connectivity index (χ3n) is 4.46. The number of amides is 2. The molecule has 0 saturated heterocycles. The molecule has 0 fully saturated rings. The molecule has 0 aliphatic carbocycles. The number of carbonyl (C=O) groups is 2. The van der Waals surface area contributed by atoms with Crippen LogP contribution in [0.2, 0.25) is 0 Å². The fraction of sp³-hybridized carbons (Fsp3) is 0.222. The van der Waals surface area contributed by atoms with Crippen molar-refractivity contribution in [1.82, 2.24) is 8.61 Å². The molecule has 2 aromatic rings. The zero-order chi connectivity index (χ0) is 21.6. The van der Waals surface area contributed by atoms with Crippen molar-refractivity contribution in [1.29, 1.82) is 0 Å². The lowest BCUT2D eigenvalue weighted by Crippen LogP contribution is -2.37. The lowest BCUT2D eigenvalue weighted by molar-refractivity contribution is -0.116. The molecule has 1 aliphatic rings. The van der Waals surface area contributed by atoms with Crippen molar-refractivity contribution >= 4 is 37.5 Å². The average Bonchev–Trinajstić information content (AvgIpc) is 2.84. The topological polar surface area (TPSA) is 121 Å². The highest BCUT2D eigenvalue weighted by molar-refractivity contribution is 7.90. The smallest absolute Gasteiger partial charge is 0.269 e. The Labute approximate surface area is 169 Å². The molecule has 1 N–H and O–H groups in total. The third-order valence-corrected chi connectivity index (χ3v) is 8.06. The van der Waals surface area contributed by atoms with Gasteiger partial charge in [0.1, 0.15) is 11.4 Å². The zero-order valence-corrected chi connectivity index (χ0v) is 17.5. The van der Waals surface area contributed by atoms with E-state index in [0.29, 0.717) is 9.87 Å². The number of nitrogens with one attached hydrogen (secondary N) is 1. The maximum Gasteiger partial charge on any atom is 0.269 e. The van der Waals surface area contributed by atoms with Crippen molar-refractivity contribution in [3.05, 3.63) is 53.6 Å². The van der Waals surface area contributed by atoms with Crippen LogP contribution < -0.4 is 5.32 Å². The average molecular weight is 437 g/mol. The monoisotopic (exact) mass is 437 g/mol. The molecular weight excluding hydrogens is 418 g/mol. The second kappa shape index (κ2) is 7.25. The van der Waals surface area contributed by atoms with Crippen LogP contribution in [0.3, 0.4) is 0 Å². The number of rotatable bonds is 5. The molecule has 2 aromatic carbocycles. The summed E-state index contributed by atoms with van der Waals surface area (Å²) in [7, 11) is -5.06. The molecule has 0 saturated carbocycles. The van der Waals surface area contributed by atoms with Crippen LogP contribution in [0.4, 0.5) is 5.69 Å². The Kier molecular flexibility index (Phi) is 5.24. The van der Waals surface area contributed by atoms with Gasteiger partial charge < -0.3 is 5.32 Å². The van der Waals surface area contributed by atoms with Gasteiger partial charge in [0.2, 0.25) is 15.9 Å². The maximum atomic E-state index is 12.6. The number of anilines is 1. The predicted octanol–water partition coefficient (Wildman–Crippen LogP) is 1.03. The molecule has 1 aliphatic heterocycles. The zero-order valence-electron chi connectivity index (χ0n) is 15.9. The Morgan fingerprint density at radius 3 is 2.41 bits per heavy atom. The van der Waals surface area contributed by atoms with Crippen LogP contribution in [0.1, 0.15) is 15.9 Å². The van der Waals surface area contributed by atoms with Crippen LogP contribution in [0.25, 0.3) is 0 Å². The number of aryl methyl sites for hydroxylation is 1. The van der Waals surface area contributed by atoms with E-state index in [9.17, 15) is 26.4 Å². The van der Waals surface area contributed by atoms with Crippen molar-refractivity contribution in [3.8, 4) is 0 Å². The SMILES string of the molecule is Cc1ccc(S(=O)(=O)N(C)C)cc1NC(=O)CN1C(=O)c2ccccc2S1(=O)=O. The number of sulfonamides is 2. The van der Waals surface area contributed by atoms with E-state index in [-0.39, 0.29) is 21.0 Å². The van der Waals surface area contributed by atoms with E-state index >= 15 is 0 Å². The lowest BCUT2D eigenvalue weighted by Gasteiger charge is -2.17. The van der Waals surface area contributed by atoms with Gasteiger partial charge in [-0.2, -0.15) is 0 Å². The molecular formula is C18H19N3O6S2. The van der Waals surface area contributed by atoms with Gasteiger partial charge in [-0.3, -0.25) is 9.59 Å². The van der Waals surface area contributed by atoms with E-state index in [0.717, 1.165) is 4.31 Å². The van der Waals surface area contributed by atoms with E-state index in [4.69, 9.17) is 0 Å². The number of fused-ring (bicyclic) bond motifs is 1. The maximum absolute atomic E-state index is 12.6. The van der Waals surface area contributed by atoms with Gasteiger partial charge in [-0.25, -0.2) is 25.4 Å². The summed E-state index contributed by atoms with van der Waals surface area (Å²) in [4.78, 5) is 24.7. The summed E-state index contributed by atoms with van der Waals surface area (Å²) >= 11 is 0. The molecule has 0 bridgehead atoms. The summed E-state index contributed by atoms with van der Waals surface area (Å²) in [5, 5.41) is 2.49. The largest absolute Gasteiger partial charge is 0.324 e. The molecule has 29 heavy (non-hydrogen) atoms. The lowest BCUT2D eigenvalue weighted by atomic mass is 10.2. The highest BCUT2D eigenvalue weighted by atomic mass is 32.2. The fourth-order valence-electron chi connectivity index (χ4n) is 2.81. The first-order chi connectivity index (χ1) is 13.5. The molecule has 9 nitrogen and oxygen atoms in total. The molecule has 1 heterocycles. The highest BCUT2D eigenvalue weighted by Gasteiger charge is 2.41. The first-order valence-corrected chi connectivity index (χ1v) is 11.3. The molecule has 0 unspecified atom stereocenters. The first kappa shape index (κ1) is 21.0. The second-order valence-electron chi connectivity index (χ2n) is 6.63. The molecule has 0 aromatic heterocycles. The number of hydrogen-bond donors (Lipinski definition) is 1. The van der Waals surface area contributed by atoms with Crippen molar-refractivity contribution in [2.75, 3.05) is 26.0 Å². The van der Waals surface area contributed by atoms with Crippen molar-refractivity contribution < 1.29 is 26.4 Å². The quantitative estimate of drug-likeness (QED) is 0.746. The molecule has 0 spiro atoms. The summed E-state index contributed by atoms with van der Waals surface area (Å²) in [6, 6.07) is 9.94. The van der Waals surface area contributed by atoms with E-state index in [1.807, 2.05) is 0 Å². The Morgan fingerprint density at radius 2 is 1.79 bits per heavy atom. The van der Waals surface area contributed by atoms with Gasteiger partial charge in [-0.15, -0.1) is 0 Å². The van der Waals surface area contributed by atoms with Crippen LogP contribution in [0.5, 0.6) is 0 Å². The summed E-state index contributed by atoms with van der Waals surface area (Å²) < 4.78 is 51.2. The molecule has 0 atom stereocenters. The van der Waals surface area contributed by atoms with Crippen LogP contribution in [-0.2, 0) is 24.8 Å². The van der Waals surface area contributed by atoms with E-state index < -0.39 is 38.4 Å². The number of carbonyl (C=O) groups excluding carboxylic acids is 2. The van der Waals surface area contributed by atoms with Gasteiger partial charge in [0, 0.05) is 19.8 Å². The van der Waals surface area contributed by atoms with Crippen LogP contribution in [0.15, 0.2) is 52.3 Å². The van der Waals surface area contributed by atoms with Crippen LogP contribution in [0, 0.1) is 6.92 Å². The number of hydrogen-bond acceptors (Lipinski definition) is 6. The Bertz CT molecular complexity index is 1220. The summed E-state index contributed by atoms with van der Waals surface area (Å²) in [5.41, 5.74) is 0.796. The van der Waals surface area contributed by atoms with Gasteiger partial charge in [0.25, 0.3) is 15.9 Å². The minimum absolute atomic E-state index is 0.00977. The Hall–Kier alpha value is -2.76. The Balaban J connectivity index is 1.85. The normalized spacial score (nSPS) is 15.4. The van der Waals surface area contributed by atoms with E-state index in [1.54, 1.807) is 6.92 Å². The van der Waals surface area contributed by atoms with Gasteiger partial charge in [0.15, 0.2) is 0 Å². The minimum atomic E-state index is -4.12. The molecule has 3 rings (SSSR count). The van der Waals surface area contributed by atoms with E-state index in [2.05, 4.69) is 5.32 Å². The molecule has 0 radical (unpaired) electrons. The van der Waals surface area contributed by atoms with Crippen molar-refractivity contribution in [2.24, 2.45) is 0 Å². The Morgan fingerprint density at radius 1 is 1.14 bits per heavy atom. The van der Waals surface area contributed by atoms with Crippen molar-refractivity contribution in [3.63, 3.8) is 0 Å². The predicted molar refractivity (Wildman–Crippen MR) is 105 cm³/mol. The fourth-order valence-corrected chi connectivity index (χ4v) is 5.27. The van der Waals surface area contributed by atoms with Crippen molar-refractivity contribution in [2.45, 2.75) is 16.7 Å². The van der Waals surface area contributed by atoms with Crippen LogP contribution >= 0.6 is 0 Å². The summed E-state index contributed by atoms with van der Waals surface area (Å²) in [6.07, 6.45) is 0. The summed E-state index contributed by atoms with van der Waals surface area (Å²) in [6.45, 7) is 0.940. The third kappa shape index (κ3) is 3.63. The number of nitrogens with zero attached hydrogens (tertiary/aromatic N) is 2. The van der Waals surface area contributed by atoms with Crippen LogP contribution in [-0.4, -0.2) is 57.9 Å². The van der Waals surface area contributed by atoms with Gasteiger partial charge >= 0.3 is 0 Å². The van der Waals surface area contributed by atoms with Gasteiger partial charge in [-0.1, -0.05) is 18.2 Å². The van der Waals surface area contributed by atoms with E-state index in [1.165, 1.54) is 56.6 Å². The molecule has 154 valence electrons. The molecule has 11 heteroatoms. The number of benzene rings is 2. The molecule has 2 amide bonds. The summed E-state index contributed by atoms with van der Waals surface area (Å²) in [5.74, 6) is -1.55. The minimum Gasteiger partial charge on any atom is -0.324 e. The van der Waals surface area contributed by atoms with Gasteiger partial charge in [0.05, 0.1) is 10.5 Å².